The van der Waals surface area contributed by atoms with E-state index in [1.54, 1.807) is 12.1 Å². The molecule has 2 aromatic carbocycles. The van der Waals surface area contributed by atoms with Crippen molar-refractivity contribution in [1.82, 2.24) is 9.80 Å². The number of benzene rings is 2. The summed E-state index contributed by atoms with van der Waals surface area (Å²) < 4.78 is 17.4. The van der Waals surface area contributed by atoms with E-state index in [9.17, 15) is 14.3 Å². The second-order valence-electron chi connectivity index (χ2n) is 8.45. The molecule has 0 aromatic heterocycles. The number of anilines is 1. The first-order chi connectivity index (χ1) is 15.5. The van der Waals surface area contributed by atoms with Gasteiger partial charge < -0.3 is 5.11 Å². The van der Waals surface area contributed by atoms with Crippen LogP contribution in [-0.2, 0) is 4.79 Å². The average molecular weight is 500 g/mol. The van der Waals surface area contributed by atoms with Gasteiger partial charge in [0.1, 0.15) is 11.9 Å². The SMILES string of the molecule is O=C(O)C(c1ccc(F)cc1)N1CCC(N2CCN(c3ccc(/C=N\[AsH2])cc3)CC2)CC1. The minimum atomic E-state index is -0.874. The number of halogens is 1. The maximum atomic E-state index is 13.3. The van der Waals surface area contributed by atoms with Crippen LogP contribution >= 0.6 is 0 Å². The number of piperidine rings is 1. The molecule has 4 rings (SSSR count). The van der Waals surface area contributed by atoms with Crippen molar-refractivity contribution in [2.75, 3.05) is 44.2 Å². The number of aliphatic carboxylic acids is 1. The minimum Gasteiger partial charge on any atom is 0.000783 e. The van der Waals surface area contributed by atoms with Crippen molar-refractivity contribution in [2.45, 2.75) is 24.9 Å². The van der Waals surface area contributed by atoms with Gasteiger partial charge in [0.25, 0.3) is 0 Å². The Morgan fingerprint density at radius 2 is 1.62 bits per heavy atom. The van der Waals surface area contributed by atoms with Gasteiger partial charge in [0, 0.05) is 13.1 Å². The van der Waals surface area contributed by atoms with Crippen LogP contribution in [0, 0.1) is 5.82 Å². The van der Waals surface area contributed by atoms with E-state index in [4.69, 9.17) is 0 Å². The second-order valence-corrected chi connectivity index (χ2v) is 9.08. The van der Waals surface area contributed by atoms with Crippen LogP contribution in [0.25, 0.3) is 0 Å². The molecule has 0 amide bonds. The molecule has 0 bridgehead atoms. The number of piperazine rings is 1. The Morgan fingerprint density at radius 3 is 2.19 bits per heavy atom. The van der Waals surface area contributed by atoms with E-state index in [1.807, 2.05) is 11.1 Å². The summed E-state index contributed by atoms with van der Waals surface area (Å²) in [5.41, 5.74) is 3.02. The van der Waals surface area contributed by atoms with Crippen molar-refractivity contribution < 1.29 is 14.3 Å². The van der Waals surface area contributed by atoms with E-state index in [1.165, 1.54) is 34.9 Å². The van der Waals surface area contributed by atoms with Gasteiger partial charge in [-0.25, -0.2) is 4.39 Å². The summed E-state index contributed by atoms with van der Waals surface area (Å²) in [5, 5.41) is 9.79. The molecule has 2 atom stereocenters. The van der Waals surface area contributed by atoms with E-state index in [0.29, 0.717) is 11.6 Å². The van der Waals surface area contributed by atoms with Gasteiger partial charge in [0.2, 0.25) is 0 Å². The molecule has 1 N–H and O–H groups in total. The van der Waals surface area contributed by atoms with Crippen molar-refractivity contribution >= 4 is 34.9 Å². The second kappa shape index (κ2) is 10.6. The first kappa shape index (κ1) is 23.0. The fourth-order valence-corrected chi connectivity index (χ4v) is 5.23. The van der Waals surface area contributed by atoms with E-state index in [2.05, 4.69) is 38.0 Å². The van der Waals surface area contributed by atoms with Crippen LogP contribution in [0.5, 0.6) is 0 Å². The standard InChI is InChI=1S/C24H30AsFN4O2/c25-27-17-18-1-7-21(8-2-18)28-13-15-29(16-14-28)22-9-11-30(12-10-22)23(24(31)32)19-3-5-20(26)6-4-19/h1-8,17,22-23H,9-16,25H2,(H,31,32)/b27-17-. The molecular formula is C24H30AsFN4O2. The molecule has 0 aliphatic carbocycles. The first-order valence-corrected chi connectivity index (χ1v) is 12.2. The molecular weight excluding hydrogens is 470 g/mol. The van der Waals surface area contributed by atoms with Gasteiger partial charge in [-0.05, 0) is 17.7 Å². The molecule has 2 aliphatic heterocycles. The average Bonchev–Trinajstić information content (AvgIpc) is 2.82. The van der Waals surface area contributed by atoms with Gasteiger partial charge in [-0.15, -0.1) is 0 Å². The first-order valence-electron chi connectivity index (χ1n) is 11.1. The zero-order valence-electron chi connectivity index (χ0n) is 18.1. The number of rotatable bonds is 6. The van der Waals surface area contributed by atoms with Crippen molar-refractivity contribution in [3.05, 3.63) is 65.5 Å². The molecule has 0 spiro atoms. The number of carboxylic acids is 1. The van der Waals surface area contributed by atoms with Crippen molar-refractivity contribution in [3.8, 4) is 0 Å². The number of likely N-dealkylation sites (tertiary alicyclic amines) is 1. The monoisotopic (exact) mass is 500 g/mol. The van der Waals surface area contributed by atoms with Crippen LogP contribution in [0.3, 0.4) is 0 Å². The van der Waals surface area contributed by atoms with Crippen LogP contribution in [0.15, 0.2) is 52.4 Å². The Hall–Kier alpha value is -2.21. The molecule has 6 nitrogen and oxygen atoms in total. The fourth-order valence-electron chi connectivity index (χ4n) is 4.87. The van der Waals surface area contributed by atoms with Gasteiger partial charge in [0.05, 0.1) is 0 Å². The zero-order valence-corrected chi connectivity index (χ0v) is 20.5. The van der Waals surface area contributed by atoms with Crippen LogP contribution in [0.4, 0.5) is 10.1 Å². The van der Waals surface area contributed by atoms with Crippen LogP contribution in [0.2, 0.25) is 0 Å². The van der Waals surface area contributed by atoms with Crippen molar-refractivity contribution in [2.24, 2.45) is 3.91 Å². The fraction of sp³-hybridized carbons (Fsp3) is 0.417. The smallest absolute Gasteiger partial charge is 0.000783 e. The van der Waals surface area contributed by atoms with E-state index >= 15 is 0 Å². The zero-order chi connectivity index (χ0) is 22.5. The summed E-state index contributed by atoms with van der Waals surface area (Å²) in [6, 6.07) is 14.2. The van der Waals surface area contributed by atoms with Gasteiger partial charge in [-0.3, -0.25) is 9.69 Å². The Kier molecular flexibility index (Phi) is 7.61. The third-order valence-electron chi connectivity index (χ3n) is 6.60. The van der Waals surface area contributed by atoms with E-state index in [0.717, 1.165) is 57.7 Å². The number of carbonyl (C=O) groups is 1. The van der Waals surface area contributed by atoms with Gasteiger partial charge >= 0.3 is 124 Å². The molecule has 2 aliphatic rings. The Morgan fingerprint density at radius 1 is 1.00 bits per heavy atom. The maximum absolute atomic E-state index is 13.3. The molecule has 32 heavy (non-hydrogen) atoms. The van der Waals surface area contributed by atoms with E-state index in [-0.39, 0.29) is 5.82 Å². The Balaban J connectivity index is 1.30. The van der Waals surface area contributed by atoms with Crippen LogP contribution in [0.1, 0.15) is 30.0 Å². The number of hydrogen-bond acceptors (Lipinski definition) is 5. The molecule has 2 heterocycles. The summed E-state index contributed by atoms with van der Waals surface area (Å²) in [7, 11) is 0. The Bertz CT molecular complexity index is 922. The molecule has 0 radical (unpaired) electrons. The van der Waals surface area contributed by atoms with Crippen LogP contribution in [-0.4, -0.2) is 89.5 Å². The third-order valence-corrected chi connectivity index (χ3v) is 6.91. The van der Waals surface area contributed by atoms with Crippen LogP contribution < -0.4 is 4.90 Å². The van der Waals surface area contributed by atoms with Gasteiger partial charge in [0.15, 0.2) is 0 Å². The van der Waals surface area contributed by atoms with Gasteiger partial charge in [-0.2, -0.15) is 0 Å². The summed E-state index contributed by atoms with van der Waals surface area (Å²) in [6.07, 6.45) is 3.80. The molecule has 2 aromatic rings. The number of nitrogens with zero attached hydrogens (tertiary/aromatic N) is 4. The van der Waals surface area contributed by atoms with Gasteiger partial charge in [-0.1, -0.05) is 12.1 Å². The predicted octanol–water partition coefficient (Wildman–Crippen LogP) is 2.21. The molecule has 170 valence electrons. The third kappa shape index (κ3) is 5.40. The van der Waals surface area contributed by atoms with Crippen molar-refractivity contribution in [3.63, 3.8) is 0 Å². The quantitative estimate of drug-likeness (QED) is 0.487. The summed E-state index contributed by atoms with van der Waals surface area (Å²) >= 11 is 1.35. The number of hydrogen-bond donors (Lipinski definition) is 1. The van der Waals surface area contributed by atoms with Crippen molar-refractivity contribution in [1.29, 1.82) is 0 Å². The molecule has 8 heteroatoms. The van der Waals surface area contributed by atoms with E-state index < -0.39 is 12.0 Å². The summed E-state index contributed by atoms with van der Waals surface area (Å²) in [5.74, 6) is -1.22. The molecule has 0 saturated carbocycles. The molecule has 2 saturated heterocycles. The summed E-state index contributed by atoms with van der Waals surface area (Å²) in [4.78, 5) is 18.9. The summed E-state index contributed by atoms with van der Waals surface area (Å²) in [6.45, 7) is 5.51. The number of carboxylic acid groups (broad SMARTS) is 1. The minimum absolute atomic E-state index is 0.345. The Labute approximate surface area is 197 Å². The predicted molar refractivity (Wildman–Crippen MR) is 128 cm³/mol. The molecule has 2 fully saturated rings. The normalized spacial score (nSPS) is 20.0. The molecule has 2 unspecified atom stereocenters. The topological polar surface area (TPSA) is 59.4 Å².